The Morgan fingerprint density at radius 2 is 1.88 bits per heavy atom. The van der Waals surface area contributed by atoms with Gasteiger partial charge >= 0.3 is 6.18 Å². The summed E-state index contributed by atoms with van der Waals surface area (Å²) in [5.74, 6) is 4.75. The summed E-state index contributed by atoms with van der Waals surface area (Å²) in [7, 11) is -3.98. The van der Waals surface area contributed by atoms with Gasteiger partial charge in [0.05, 0.1) is 10.5 Å². The average molecular weight is 319 g/mol. The molecule has 0 atom stereocenters. The summed E-state index contributed by atoms with van der Waals surface area (Å²) in [6.45, 7) is 0. The van der Waals surface area contributed by atoms with Crippen molar-refractivity contribution in [2.75, 3.05) is 0 Å². The molecule has 0 fully saturated rings. The van der Waals surface area contributed by atoms with E-state index in [4.69, 9.17) is 5.84 Å². The molecule has 0 amide bonds. The largest absolute Gasteiger partial charge is 0.416 e. The van der Waals surface area contributed by atoms with Crippen LogP contribution in [0.4, 0.5) is 13.2 Å². The predicted molar refractivity (Wildman–Crippen MR) is 53.7 cm³/mol. The summed E-state index contributed by atoms with van der Waals surface area (Å²) < 4.78 is 59.1. The first kappa shape index (κ1) is 13.4. The maximum Gasteiger partial charge on any atom is 0.416 e. The zero-order chi connectivity index (χ0) is 12.6. The van der Waals surface area contributed by atoms with Crippen LogP contribution in [0.1, 0.15) is 5.56 Å². The number of sulfonamides is 1. The summed E-state index contributed by atoms with van der Waals surface area (Å²) in [4.78, 5) is 1.16. The Kier molecular flexibility index (Phi) is 3.62. The standard InChI is InChI=1S/C7H6BrF3N2O2S/c8-5-3-4(7(9,10)11)1-2-6(5)16(14,15)13-12/h1-3,13H,12H2. The van der Waals surface area contributed by atoms with Gasteiger partial charge in [0.1, 0.15) is 0 Å². The van der Waals surface area contributed by atoms with Gasteiger partial charge in [0.25, 0.3) is 10.0 Å². The zero-order valence-electron chi connectivity index (χ0n) is 7.55. The molecule has 0 aliphatic rings. The molecule has 1 aromatic rings. The van der Waals surface area contributed by atoms with Crippen LogP contribution in [-0.2, 0) is 16.2 Å². The van der Waals surface area contributed by atoms with Crippen LogP contribution < -0.4 is 10.7 Å². The summed E-state index contributed by atoms with van der Waals surface area (Å²) >= 11 is 2.74. The molecule has 16 heavy (non-hydrogen) atoms. The Hall–Kier alpha value is -0.640. The van der Waals surface area contributed by atoms with Crippen LogP contribution in [0, 0.1) is 0 Å². The molecule has 0 saturated heterocycles. The molecule has 90 valence electrons. The average Bonchev–Trinajstić information content (AvgIpc) is 2.16. The first-order valence-corrected chi connectivity index (χ1v) is 6.05. The maximum atomic E-state index is 12.3. The fourth-order valence-electron chi connectivity index (χ4n) is 0.959. The van der Waals surface area contributed by atoms with E-state index < -0.39 is 21.8 Å². The fourth-order valence-corrected chi connectivity index (χ4v) is 2.67. The molecule has 4 nitrogen and oxygen atoms in total. The van der Waals surface area contributed by atoms with Crippen LogP contribution in [0.2, 0.25) is 0 Å². The molecule has 0 bridgehead atoms. The minimum atomic E-state index is -4.53. The molecule has 3 N–H and O–H groups in total. The Labute approximate surface area is 97.8 Å². The van der Waals surface area contributed by atoms with E-state index in [-0.39, 0.29) is 9.37 Å². The SMILES string of the molecule is NNS(=O)(=O)c1ccc(C(F)(F)F)cc1Br. The predicted octanol–water partition coefficient (Wildman–Crippen LogP) is 1.62. The Balaban J connectivity index is 3.32. The van der Waals surface area contributed by atoms with E-state index in [0.29, 0.717) is 12.1 Å². The fraction of sp³-hybridized carbons (Fsp3) is 0.143. The van der Waals surface area contributed by atoms with Crippen molar-refractivity contribution < 1.29 is 21.6 Å². The highest BCUT2D eigenvalue weighted by Crippen LogP contribution is 2.33. The van der Waals surface area contributed by atoms with Gasteiger partial charge in [-0.25, -0.2) is 8.42 Å². The van der Waals surface area contributed by atoms with E-state index >= 15 is 0 Å². The molecule has 0 saturated carbocycles. The number of hydrazine groups is 1. The highest BCUT2D eigenvalue weighted by molar-refractivity contribution is 9.10. The summed E-state index contributed by atoms with van der Waals surface area (Å²) in [5.41, 5.74) is -0.949. The van der Waals surface area contributed by atoms with Crippen LogP contribution >= 0.6 is 15.9 Å². The lowest BCUT2D eigenvalue weighted by atomic mass is 10.2. The lowest BCUT2D eigenvalue weighted by Gasteiger charge is -2.09. The number of hydrogen-bond acceptors (Lipinski definition) is 3. The normalized spacial score (nSPS) is 12.8. The van der Waals surface area contributed by atoms with Crippen molar-refractivity contribution in [1.82, 2.24) is 4.83 Å². The minimum absolute atomic E-state index is 0.208. The van der Waals surface area contributed by atoms with Gasteiger partial charge in [-0.15, -0.1) is 0 Å². The van der Waals surface area contributed by atoms with Gasteiger partial charge in [-0.2, -0.15) is 18.0 Å². The van der Waals surface area contributed by atoms with Crippen molar-refractivity contribution in [2.45, 2.75) is 11.1 Å². The molecule has 1 rings (SSSR count). The lowest BCUT2D eigenvalue weighted by Crippen LogP contribution is -2.30. The smallest absolute Gasteiger partial charge is 0.257 e. The van der Waals surface area contributed by atoms with Gasteiger partial charge in [-0.05, 0) is 34.1 Å². The third kappa shape index (κ3) is 2.73. The second kappa shape index (κ2) is 4.32. The molecule has 0 aromatic heterocycles. The second-order valence-corrected chi connectivity index (χ2v) is 5.30. The molecule has 9 heteroatoms. The monoisotopic (exact) mass is 318 g/mol. The molecule has 1 aromatic carbocycles. The van der Waals surface area contributed by atoms with Crippen LogP contribution in [0.25, 0.3) is 0 Å². The summed E-state index contributed by atoms with van der Waals surface area (Å²) in [5, 5.41) is 0. The van der Waals surface area contributed by atoms with E-state index in [1.807, 2.05) is 0 Å². The van der Waals surface area contributed by atoms with Gasteiger partial charge in [0.15, 0.2) is 0 Å². The van der Waals surface area contributed by atoms with Crippen molar-refractivity contribution in [3.05, 3.63) is 28.2 Å². The van der Waals surface area contributed by atoms with E-state index in [2.05, 4.69) is 15.9 Å². The first-order chi connectivity index (χ1) is 7.18. The van der Waals surface area contributed by atoms with Crippen molar-refractivity contribution >= 4 is 26.0 Å². The number of halogens is 4. The lowest BCUT2D eigenvalue weighted by molar-refractivity contribution is -0.137. The highest BCUT2D eigenvalue weighted by atomic mass is 79.9. The molecular formula is C7H6BrF3N2O2S. The van der Waals surface area contributed by atoms with E-state index in [1.165, 1.54) is 4.83 Å². The van der Waals surface area contributed by atoms with Crippen molar-refractivity contribution in [1.29, 1.82) is 0 Å². The van der Waals surface area contributed by atoms with Crippen LogP contribution in [0.3, 0.4) is 0 Å². The van der Waals surface area contributed by atoms with Crippen LogP contribution in [0.15, 0.2) is 27.6 Å². The molecule has 0 aliphatic heterocycles. The molecule has 0 aliphatic carbocycles. The second-order valence-electron chi connectivity index (χ2n) is 2.76. The summed E-state index contributed by atoms with van der Waals surface area (Å²) in [6.07, 6.45) is -4.53. The number of nitrogens with two attached hydrogens (primary N) is 1. The van der Waals surface area contributed by atoms with Crippen LogP contribution in [0.5, 0.6) is 0 Å². The molecule has 0 unspecified atom stereocenters. The molecule has 0 radical (unpaired) electrons. The van der Waals surface area contributed by atoms with Crippen molar-refractivity contribution in [3.8, 4) is 0 Å². The van der Waals surface area contributed by atoms with Gasteiger partial charge in [0.2, 0.25) is 0 Å². The van der Waals surface area contributed by atoms with Gasteiger partial charge < -0.3 is 0 Å². The number of nitrogens with one attached hydrogen (secondary N) is 1. The Morgan fingerprint density at radius 3 is 2.25 bits per heavy atom. The number of hydrogen-bond donors (Lipinski definition) is 2. The van der Waals surface area contributed by atoms with Crippen LogP contribution in [-0.4, -0.2) is 8.42 Å². The van der Waals surface area contributed by atoms with Gasteiger partial charge in [0, 0.05) is 4.47 Å². The Bertz CT molecular complexity index is 501. The highest BCUT2D eigenvalue weighted by Gasteiger charge is 2.31. The number of rotatable bonds is 2. The Morgan fingerprint density at radius 1 is 1.31 bits per heavy atom. The van der Waals surface area contributed by atoms with Crippen molar-refractivity contribution in [2.24, 2.45) is 5.84 Å². The summed E-state index contributed by atoms with van der Waals surface area (Å²) in [6, 6.07) is 2.15. The molecular weight excluding hydrogens is 313 g/mol. The maximum absolute atomic E-state index is 12.3. The topological polar surface area (TPSA) is 72.2 Å². The number of alkyl halides is 3. The zero-order valence-corrected chi connectivity index (χ0v) is 9.95. The third-order valence-electron chi connectivity index (χ3n) is 1.70. The van der Waals surface area contributed by atoms with E-state index in [0.717, 1.165) is 6.07 Å². The van der Waals surface area contributed by atoms with Crippen molar-refractivity contribution in [3.63, 3.8) is 0 Å². The molecule has 0 heterocycles. The minimum Gasteiger partial charge on any atom is -0.257 e. The molecule has 0 spiro atoms. The first-order valence-electron chi connectivity index (χ1n) is 3.77. The van der Waals surface area contributed by atoms with Gasteiger partial charge in [-0.3, -0.25) is 5.84 Å². The number of benzene rings is 1. The van der Waals surface area contributed by atoms with E-state index in [1.54, 1.807) is 0 Å². The quantitative estimate of drug-likeness (QED) is 0.643. The van der Waals surface area contributed by atoms with E-state index in [9.17, 15) is 21.6 Å². The third-order valence-corrected chi connectivity index (χ3v) is 3.87. The van der Waals surface area contributed by atoms with Gasteiger partial charge in [-0.1, -0.05) is 0 Å².